The zero-order valence-electron chi connectivity index (χ0n) is 18.6. The third-order valence-electron chi connectivity index (χ3n) is 5.41. The highest BCUT2D eigenvalue weighted by Gasteiger charge is 2.35. The summed E-state index contributed by atoms with van der Waals surface area (Å²) in [6, 6.07) is 14.4. The lowest BCUT2D eigenvalue weighted by atomic mass is 10.1. The van der Waals surface area contributed by atoms with Gasteiger partial charge in [0.2, 0.25) is 0 Å². The lowest BCUT2D eigenvalue weighted by Gasteiger charge is -2.21. The normalized spacial score (nSPS) is 16.0. The average molecular weight is 482 g/mol. The minimum absolute atomic E-state index is 0.0233. The largest absolute Gasteiger partial charge is 0.491 e. The SMILES string of the molecule is CCOc1ccc(-c2nn(-c3ccccc3)cc2/C=C2\SC(=S)N([C@@H](C)CC)C2=O)cc1F. The van der Waals surface area contributed by atoms with E-state index in [1.807, 2.05) is 57.3 Å². The molecule has 0 spiro atoms. The average Bonchev–Trinajstić information content (AvgIpc) is 3.36. The van der Waals surface area contributed by atoms with Gasteiger partial charge in [-0.25, -0.2) is 9.07 Å². The number of para-hydroxylation sites is 1. The number of rotatable bonds is 7. The second-order valence-corrected chi connectivity index (χ2v) is 9.28. The summed E-state index contributed by atoms with van der Waals surface area (Å²) in [6.07, 6.45) is 4.44. The van der Waals surface area contributed by atoms with E-state index in [1.54, 1.807) is 27.8 Å². The van der Waals surface area contributed by atoms with Gasteiger partial charge in [-0.05, 0) is 56.7 Å². The van der Waals surface area contributed by atoms with Crippen molar-refractivity contribution in [2.24, 2.45) is 0 Å². The van der Waals surface area contributed by atoms with Crippen molar-refractivity contribution >= 4 is 40.3 Å². The number of halogens is 1. The number of nitrogens with zero attached hydrogens (tertiary/aromatic N) is 3. The van der Waals surface area contributed by atoms with Crippen LogP contribution in [0.2, 0.25) is 0 Å². The van der Waals surface area contributed by atoms with Gasteiger partial charge in [-0.1, -0.05) is 49.1 Å². The van der Waals surface area contributed by atoms with Crippen molar-refractivity contribution in [1.29, 1.82) is 0 Å². The number of hydrogen-bond donors (Lipinski definition) is 0. The molecule has 170 valence electrons. The first-order chi connectivity index (χ1) is 15.9. The molecule has 4 rings (SSSR count). The molecule has 3 aromatic rings. The fourth-order valence-electron chi connectivity index (χ4n) is 3.53. The van der Waals surface area contributed by atoms with Crippen LogP contribution in [0.5, 0.6) is 5.75 Å². The summed E-state index contributed by atoms with van der Waals surface area (Å²) >= 11 is 6.74. The summed E-state index contributed by atoms with van der Waals surface area (Å²) in [6.45, 7) is 6.19. The summed E-state index contributed by atoms with van der Waals surface area (Å²) < 4.78 is 22.2. The molecule has 0 radical (unpaired) electrons. The summed E-state index contributed by atoms with van der Waals surface area (Å²) in [5.74, 6) is -0.381. The maximum Gasteiger partial charge on any atom is 0.266 e. The van der Waals surface area contributed by atoms with Crippen LogP contribution in [-0.2, 0) is 4.79 Å². The second-order valence-electron chi connectivity index (χ2n) is 7.60. The smallest absolute Gasteiger partial charge is 0.266 e. The lowest BCUT2D eigenvalue weighted by Crippen LogP contribution is -2.36. The molecule has 0 unspecified atom stereocenters. The number of hydrogen-bond acceptors (Lipinski definition) is 5. The van der Waals surface area contributed by atoms with Crippen LogP contribution in [0.15, 0.2) is 59.6 Å². The molecule has 2 heterocycles. The van der Waals surface area contributed by atoms with Crippen molar-refractivity contribution in [1.82, 2.24) is 14.7 Å². The number of benzene rings is 2. The van der Waals surface area contributed by atoms with Gasteiger partial charge in [0, 0.05) is 23.4 Å². The molecule has 2 aromatic carbocycles. The van der Waals surface area contributed by atoms with E-state index in [1.165, 1.54) is 17.8 Å². The third kappa shape index (κ3) is 4.72. The van der Waals surface area contributed by atoms with E-state index in [9.17, 15) is 9.18 Å². The topological polar surface area (TPSA) is 47.4 Å². The Hall–Kier alpha value is -2.97. The van der Waals surface area contributed by atoms with Crippen molar-refractivity contribution in [2.75, 3.05) is 6.61 Å². The second kappa shape index (κ2) is 9.89. The maximum atomic E-state index is 14.6. The van der Waals surface area contributed by atoms with E-state index >= 15 is 0 Å². The number of thiocarbonyl (C=S) groups is 1. The summed E-state index contributed by atoms with van der Waals surface area (Å²) in [4.78, 5) is 15.2. The van der Waals surface area contributed by atoms with E-state index in [0.29, 0.717) is 32.7 Å². The van der Waals surface area contributed by atoms with Gasteiger partial charge in [0.1, 0.15) is 10.0 Å². The van der Waals surface area contributed by atoms with Crippen LogP contribution in [0.4, 0.5) is 4.39 Å². The molecule has 1 saturated heterocycles. The van der Waals surface area contributed by atoms with Gasteiger partial charge in [-0.2, -0.15) is 5.10 Å². The van der Waals surface area contributed by atoms with Gasteiger partial charge in [0.25, 0.3) is 5.91 Å². The van der Waals surface area contributed by atoms with Gasteiger partial charge < -0.3 is 4.74 Å². The summed E-state index contributed by atoms with van der Waals surface area (Å²) in [5, 5.41) is 4.72. The molecule has 1 amide bonds. The molecule has 5 nitrogen and oxygen atoms in total. The van der Waals surface area contributed by atoms with Crippen molar-refractivity contribution in [3.05, 3.63) is 71.0 Å². The van der Waals surface area contributed by atoms with Gasteiger partial charge in [0.05, 0.1) is 17.2 Å². The molecule has 0 N–H and O–H groups in total. The van der Waals surface area contributed by atoms with Gasteiger partial charge in [-0.3, -0.25) is 9.69 Å². The number of amides is 1. The number of carbonyl (C=O) groups excluding carboxylic acids is 1. The van der Waals surface area contributed by atoms with E-state index in [0.717, 1.165) is 12.1 Å². The molecule has 1 atom stereocenters. The van der Waals surface area contributed by atoms with Crippen LogP contribution >= 0.6 is 24.0 Å². The predicted molar refractivity (Wildman–Crippen MR) is 135 cm³/mol. The van der Waals surface area contributed by atoms with E-state index in [-0.39, 0.29) is 17.7 Å². The zero-order valence-corrected chi connectivity index (χ0v) is 20.3. The Bertz CT molecular complexity index is 1220. The molecule has 0 saturated carbocycles. The minimum atomic E-state index is -0.461. The van der Waals surface area contributed by atoms with E-state index < -0.39 is 5.82 Å². The Morgan fingerprint density at radius 2 is 1.97 bits per heavy atom. The van der Waals surface area contributed by atoms with Crippen LogP contribution in [0, 0.1) is 5.82 Å². The van der Waals surface area contributed by atoms with Crippen LogP contribution in [0.25, 0.3) is 23.0 Å². The van der Waals surface area contributed by atoms with E-state index in [2.05, 4.69) is 0 Å². The Morgan fingerprint density at radius 3 is 2.64 bits per heavy atom. The highest BCUT2D eigenvalue weighted by atomic mass is 32.2. The van der Waals surface area contributed by atoms with Gasteiger partial charge >= 0.3 is 0 Å². The van der Waals surface area contributed by atoms with Crippen LogP contribution < -0.4 is 4.74 Å². The first kappa shape index (κ1) is 23.2. The highest BCUT2D eigenvalue weighted by Crippen LogP contribution is 2.36. The number of ether oxygens (including phenoxy) is 1. The monoisotopic (exact) mass is 481 g/mol. The Labute approximate surface area is 202 Å². The summed E-state index contributed by atoms with van der Waals surface area (Å²) in [5.41, 5.74) is 2.72. The quantitative estimate of drug-likeness (QED) is 0.302. The van der Waals surface area contributed by atoms with E-state index in [4.69, 9.17) is 22.1 Å². The van der Waals surface area contributed by atoms with Crippen molar-refractivity contribution in [2.45, 2.75) is 33.2 Å². The first-order valence-corrected chi connectivity index (χ1v) is 12.0. The number of thioether (sulfide) groups is 1. The molecular formula is C25H24FN3O2S2. The fraction of sp³-hybridized carbons (Fsp3) is 0.240. The van der Waals surface area contributed by atoms with Crippen molar-refractivity contribution < 1.29 is 13.9 Å². The standard InChI is InChI=1S/C25H24FN3O2S2/c1-4-16(3)29-24(30)22(33-25(29)32)14-18-15-28(19-9-7-6-8-10-19)27-23(18)17-11-12-21(31-5-2)20(26)13-17/h6-16H,4-5H2,1-3H3/b22-14-/t16-/m0/s1. The van der Waals surface area contributed by atoms with Gasteiger partial charge in [0.15, 0.2) is 11.6 Å². The number of carbonyl (C=O) groups is 1. The molecule has 33 heavy (non-hydrogen) atoms. The lowest BCUT2D eigenvalue weighted by molar-refractivity contribution is -0.123. The van der Waals surface area contributed by atoms with Crippen LogP contribution in [-0.4, -0.2) is 37.6 Å². The van der Waals surface area contributed by atoms with Gasteiger partial charge in [-0.15, -0.1) is 0 Å². The Kier molecular flexibility index (Phi) is 6.95. The molecule has 1 fully saturated rings. The van der Waals surface area contributed by atoms with Crippen LogP contribution in [0.3, 0.4) is 0 Å². The van der Waals surface area contributed by atoms with Crippen LogP contribution in [0.1, 0.15) is 32.8 Å². The fourth-order valence-corrected chi connectivity index (χ4v) is 4.99. The summed E-state index contributed by atoms with van der Waals surface area (Å²) in [7, 11) is 0. The predicted octanol–water partition coefficient (Wildman–Crippen LogP) is 6.08. The molecule has 0 bridgehead atoms. The third-order valence-corrected chi connectivity index (χ3v) is 6.74. The maximum absolute atomic E-state index is 14.6. The Balaban J connectivity index is 1.80. The molecule has 1 aromatic heterocycles. The van der Waals surface area contributed by atoms with Crippen molar-refractivity contribution in [3.63, 3.8) is 0 Å². The minimum Gasteiger partial charge on any atom is -0.491 e. The molecule has 8 heteroatoms. The van der Waals surface area contributed by atoms with Crippen molar-refractivity contribution in [3.8, 4) is 22.7 Å². The highest BCUT2D eigenvalue weighted by molar-refractivity contribution is 8.26. The molecular weight excluding hydrogens is 457 g/mol. The number of aromatic nitrogens is 2. The first-order valence-electron chi connectivity index (χ1n) is 10.8. The molecule has 0 aliphatic carbocycles. The Morgan fingerprint density at radius 1 is 1.21 bits per heavy atom. The molecule has 1 aliphatic rings. The molecule has 1 aliphatic heterocycles. The zero-order chi connectivity index (χ0) is 23.5.